The van der Waals surface area contributed by atoms with Gasteiger partial charge in [0.1, 0.15) is 24.2 Å². The first-order valence-electron chi connectivity index (χ1n) is 9.70. The lowest BCUT2D eigenvalue weighted by molar-refractivity contribution is -0.120. The predicted molar refractivity (Wildman–Crippen MR) is 115 cm³/mol. The van der Waals surface area contributed by atoms with Crippen molar-refractivity contribution in [1.82, 2.24) is 15.3 Å². The van der Waals surface area contributed by atoms with E-state index >= 15 is 0 Å². The third kappa shape index (κ3) is 3.86. The summed E-state index contributed by atoms with van der Waals surface area (Å²) in [5.74, 6) is -1.37. The first-order chi connectivity index (χ1) is 15.4. The van der Waals surface area contributed by atoms with E-state index in [2.05, 4.69) is 20.1 Å². The largest absolute Gasteiger partial charge is 0.490 e. The maximum Gasteiger partial charge on any atom is 0.289 e. The van der Waals surface area contributed by atoms with Crippen LogP contribution in [0, 0.1) is 19.3 Å². The average Bonchev–Trinajstić information content (AvgIpc) is 2.91. The lowest BCUT2D eigenvalue weighted by Gasteiger charge is -2.20. The molecule has 1 aromatic heterocycles. The number of aromatic nitrogens is 2. The summed E-state index contributed by atoms with van der Waals surface area (Å²) in [5, 5.41) is 2.60. The number of likely N-dealkylation sites (N-methyl/N-ethyl adjacent to an activating group) is 1. The fraction of sp³-hybridized carbons (Fsp3) is 0.174. The molecule has 0 unspecified atom stereocenters. The molecular weight excluding hydrogens is 413 g/mol. The van der Waals surface area contributed by atoms with Crippen molar-refractivity contribution in [2.75, 3.05) is 18.6 Å². The number of carbonyl (C=O) groups is 2. The number of benzene rings is 2. The van der Waals surface area contributed by atoms with E-state index in [9.17, 15) is 14.0 Å². The van der Waals surface area contributed by atoms with Gasteiger partial charge >= 0.3 is 0 Å². The predicted octanol–water partition coefficient (Wildman–Crippen LogP) is 3.30. The summed E-state index contributed by atoms with van der Waals surface area (Å²) in [6.45, 7) is 8.72. The van der Waals surface area contributed by atoms with E-state index in [0.29, 0.717) is 28.4 Å². The van der Waals surface area contributed by atoms with Gasteiger partial charge in [-0.1, -0.05) is 18.2 Å². The van der Waals surface area contributed by atoms with Crippen LogP contribution in [-0.2, 0) is 4.79 Å². The second-order valence-electron chi connectivity index (χ2n) is 7.20. The fourth-order valence-electron chi connectivity index (χ4n) is 3.37. The van der Waals surface area contributed by atoms with Gasteiger partial charge in [0.25, 0.3) is 11.8 Å². The number of hydrogen-bond donors (Lipinski definition) is 1. The number of nitrogens with zero attached hydrogens (tertiary/aromatic N) is 4. The van der Waals surface area contributed by atoms with Crippen LogP contribution in [0.3, 0.4) is 0 Å². The molecule has 1 aliphatic rings. The van der Waals surface area contributed by atoms with Crippen molar-refractivity contribution in [1.29, 1.82) is 0 Å². The zero-order chi connectivity index (χ0) is 22.8. The maximum absolute atomic E-state index is 14.2. The molecule has 0 saturated carbocycles. The van der Waals surface area contributed by atoms with E-state index in [1.165, 1.54) is 17.2 Å². The minimum Gasteiger partial charge on any atom is -0.490 e. The van der Waals surface area contributed by atoms with Gasteiger partial charge in [-0.25, -0.2) is 19.2 Å². The zero-order valence-electron chi connectivity index (χ0n) is 17.3. The van der Waals surface area contributed by atoms with Gasteiger partial charge in [-0.3, -0.25) is 9.59 Å². The molecule has 2 aromatic carbocycles. The van der Waals surface area contributed by atoms with Crippen molar-refractivity contribution in [3.05, 3.63) is 77.3 Å². The number of hydrogen-bond acceptors (Lipinski definition) is 5. The number of halogens is 1. The molecule has 1 N–H and O–H groups in total. The molecule has 0 aliphatic carbocycles. The molecule has 4 rings (SSSR count). The molecule has 32 heavy (non-hydrogen) atoms. The van der Waals surface area contributed by atoms with Gasteiger partial charge in [0, 0.05) is 18.8 Å². The number of carbonyl (C=O) groups excluding carboxylic acids is 2. The van der Waals surface area contributed by atoms with Gasteiger partial charge in [0.15, 0.2) is 5.69 Å². The Hall–Kier alpha value is -4.32. The number of aryl methyl sites for hydroxylation is 1. The number of anilines is 1. The van der Waals surface area contributed by atoms with E-state index in [1.54, 1.807) is 50.4 Å². The number of fused-ring (bicyclic) bond motifs is 1. The zero-order valence-corrected chi connectivity index (χ0v) is 17.3. The van der Waals surface area contributed by atoms with Crippen molar-refractivity contribution in [3.63, 3.8) is 0 Å². The highest BCUT2D eigenvalue weighted by atomic mass is 19.1. The highest BCUT2D eigenvalue weighted by Crippen LogP contribution is 2.34. The van der Waals surface area contributed by atoms with E-state index in [1.807, 2.05) is 0 Å². The highest BCUT2D eigenvalue weighted by Gasteiger charge is 2.31. The summed E-state index contributed by atoms with van der Waals surface area (Å²) >= 11 is 0. The average molecular weight is 431 g/mol. The Bertz CT molecular complexity index is 1270. The van der Waals surface area contributed by atoms with Crippen LogP contribution in [0.15, 0.2) is 48.7 Å². The van der Waals surface area contributed by atoms with Crippen LogP contribution in [0.2, 0.25) is 0 Å². The molecular formula is C23H18FN5O3. The summed E-state index contributed by atoms with van der Waals surface area (Å²) in [4.78, 5) is 38.7. The number of amides is 2. The number of ether oxygens (including phenoxy) is 1. The molecule has 3 aromatic rings. The van der Waals surface area contributed by atoms with Gasteiger partial charge in [-0.15, -0.1) is 0 Å². The molecule has 0 bridgehead atoms. The smallest absolute Gasteiger partial charge is 0.289 e. The summed E-state index contributed by atoms with van der Waals surface area (Å²) < 4.78 is 19.9. The van der Waals surface area contributed by atoms with Crippen LogP contribution in [0.1, 0.15) is 16.2 Å². The molecule has 0 saturated heterocycles. The SMILES string of the molecule is [C-]#[N+]c1ccc2c(c1)OC[C@H](NC(=O)c1ncc(C)c(-c3ccccc3F)n1)C(=O)N2C. The minimum atomic E-state index is -1.00. The Labute approximate surface area is 183 Å². The van der Waals surface area contributed by atoms with Crippen molar-refractivity contribution in [2.24, 2.45) is 0 Å². The molecule has 160 valence electrons. The van der Waals surface area contributed by atoms with Gasteiger partial charge in [0.05, 0.1) is 18.0 Å². The molecule has 2 heterocycles. The van der Waals surface area contributed by atoms with Crippen molar-refractivity contribution >= 4 is 23.2 Å². The topological polar surface area (TPSA) is 88.8 Å². The van der Waals surface area contributed by atoms with Crippen LogP contribution in [-0.4, -0.2) is 41.5 Å². The van der Waals surface area contributed by atoms with Crippen LogP contribution in [0.25, 0.3) is 16.1 Å². The standard InChI is InChI=1S/C23H18FN5O3/c1-13-11-26-21(28-20(13)15-6-4-5-7-16(15)24)22(30)27-17-12-32-19-10-14(25-2)8-9-18(19)29(3)23(17)31/h4-11,17H,12H2,1,3H3,(H,27,30)/t17-/m0/s1. The van der Waals surface area contributed by atoms with Crippen molar-refractivity contribution in [3.8, 4) is 17.0 Å². The summed E-state index contributed by atoms with van der Waals surface area (Å²) in [7, 11) is 1.56. The maximum atomic E-state index is 14.2. The van der Waals surface area contributed by atoms with Crippen LogP contribution in [0.4, 0.5) is 15.8 Å². The lowest BCUT2D eigenvalue weighted by atomic mass is 10.1. The summed E-state index contributed by atoms with van der Waals surface area (Å²) in [6, 6.07) is 9.86. The van der Waals surface area contributed by atoms with Crippen LogP contribution >= 0.6 is 0 Å². The molecule has 1 atom stereocenters. The molecule has 8 nitrogen and oxygen atoms in total. The fourth-order valence-corrected chi connectivity index (χ4v) is 3.37. The van der Waals surface area contributed by atoms with Gasteiger partial charge in [-0.05, 0) is 36.8 Å². The Morgan fingerprint density at radius 2 is 2.09 bits per heavy atom. The molecule has 0 fully saturated rings. The molecule has 9 heteroatoms. The first kappa shape index (κ1) is 20.9. The van der Waals surface area contributed by atoms with Crippen LogP contribution < -0.4 is 15.0 Å². The summed E-state index contributed by atoms with van der Waals surface area (Å²) in [5.41, 5.74) is 2.02. The first-order valence-corrected chi connectivity index (χ1v) is 9.70. The third-order valence-electron chi connectivity index (χ3n) is 5.08. The van der Waals surface area contributed by atoms with Gasteiger partial charge in [0.2, 0.25) is 5.82 Å². The number of nitrogens with one attached hydrogen (secondary N) is 1. The summed E-state index contributed by atoms with van der Waals surface area (Å²) in [6.07, 6.45) is 1.43. The Morgan fingerprint density at radius 1 is 1.31 bits per heavy atom. The van der Waals surface area contributed by atoms with E-state index in [4.69, 9.17) is 11.3 Å². The van der Waals surface area contributed by atoms with E-state index in [0.717, 1.165) is 0 Å². The molecule has 1 aliphatic heterocycles. The van der Waals surface area contributed by atoms with E-state index < -0.39 is 23.7 Å². The molecule has 2 amide bonds. The van der Waals surface area contributed by atoms with Crippen molar-refractivity contribution in [2.45, 2.75) is 13.0 Å². The Balaban J connectivity index is 1.58. The van der Waals surface area contributed by atoms with Gasteiger partial charge in [-0.2, -0.15) is 0 Å². The van der Waals surface area contributed by atoms with Crippen molar-refractivity contribution < 1.29 is 18.7 Å². The second kappa shape index (κ2) is 8.43. The molecule has 0 spiro atoms. The normalized spacial score (nSPS) is 15.2. The van der Waals surface area contributed by atoms with Gasteiger partial charge < -0.3 is 15.0 Å². The number of rotatable bonds is 3. The quantitative estimate of drug-likeness (QED) is 0.643. The second-order valence-corrected chi connectivity index (χ2v) is 7.20. The van der Waals surface area contributed by atoms with E-state index in [-0.39, 0.29) is 18.0 Å². The molecule has 0 radical (unpaired) electrons. The third-order valence-corrected chi connectivity index (χ3v) is 5.08. The Morgan fingerprint density at radius 3 is 2.84 bits per heavy atom. The lowest BCUT2D eigenvalue weighted by Crippen LogP contribution is -2.49. The highest BCUT2D eigenvalue weighted by molar-refractivity contribution is 6.02. The van der Waals surface area contributed by atoms with Crippen LogP contribution in [0.5, 0.6) is 5.75 Å². The monoisotopic (exact) mass is 431 g/mol. The minimum absolute atomic E-state index is 0.130. The Kier molecular flexibility index (Phi) is 5.52.